The van der Waals surface area contributed by atoms with Crippen LogP contribution in [0.4, 0.5) is 5.69 Å². The number of phenolic OH excluding ortho intramolecular Hbond substituents is 1. The zero-order chi connectivity index (χ0) is 21.9. The predicted molar refractivity (Wildman–Crippen MR) is 114 cm³/mol. The molecule has 1 fully saturated rings. The summed E-state index contributed by atoms with van der Waals surface area (Å²) in [5, 5.41) is 10.1. The van der Waals surface area contributed by atoms with Crippen LogP contribution in [0.3, 0.4) is 0 Å². The molecule has 2 N–H and O–H groups in total. The average Bonchev–Trinajstić information content (AvgIpc) is 2.75. The highest BCUT2D eigenvalue weighted by molar-refractivity contribution is 7.92. The van der Waals surface area contributed by atoms with E-state index in [1.54, 1.807) is 12.1 Å². The quantitative estimate of drug-likeness (QED) is 0.622. The van der Waals surface area contributed by atoms with Crippen LogP contribution in [0.15, 0.2) is 52.3 Å². The molecule has 1 saturated heterocycles. The van der Waals surface area contributed by atoms with E-state index in [0.29, 0.717) is 19.1 Å². The van der Waals surface area contributed by atoms with Gasteiger partial charge in [0, 0.05) is 13.1 Å². The number of hydrogen-bond donors (Lipinski definition) is 2. The van der Waals surface area contributed by atoms with Crippen LogP contribution >= 0.6 is 0 Å². The summed E-state index contributed by atoms with van der Waals surface area (Å²) < 4.78 is 59.9. The molecule has 0 aliphatic carbocycles. The van der Waals surface area contributed by atoms with Crippen LogP contribution in [0.2, 0.25) is 0 Å². The summed E-state index contributed by atoms with van der Waals surface area (Å²) in [7, 11) is -7.84. The number of nitrogens with one attached hydrogen (secondary N) is 1. The molecule has 0 bridgehead atoms. The van der Waals surface area contributed by atoms with Gasteiger partial charge in [-0.3, -0.25) is 4.72 Å². The van der Waals surface area contributed by atoms with Crippen LogP contribution in [0, 0.1) is 0 Å². The van der Waals surface area contributed by atoms with E-state index in [2.05, 4.69) is 18.6 Å². The molecule has 1 aliphatic heterocycles. The third kappa shape index (κ3) is 4.77. The maximum atomic E-state index is 12.8. The first-order chi connectivity index (χ1) is 14.1. The molecule has 2 aromatic rings. The van der Waals surface area contributed by atoms with Gasteiger partial charge in [0.15, 0.2) is 0 Å². The molecule has 0 spiro atoms. The number of aromatic hydroxyl groups is 1. The Kier molecular flexibility index (Phi) is 6.71. The molecule has 8 nitrogen and oxygen atoms in total. The smallest absolute Gasteiger partial charge is 0.262 e. The molecule has 0 amide bonds. The van der Waals surface area contributed by atoms with Crippen molar-refractivity contribution in [3.05, 3.63) is 48.0 Å². The lowest BCUT2D eigenvalue weighted by molar-refractivity contribution is 0.0730. The number of hydrogen-bond acceptors (Lipinski definition) is 6. The normalized spacial score (nSPS) is 16.9. The summed E-state index contributed by atoms with van der Waals surface area (Å²) in [5.41, 5.74) is 0.827. The molecule has 2 aromatic carbocycles. The lowest BCUT2D eigenvalue weighted by atomic mass is 9.99. The molecule has 1 unspecified atom stereocenters. The molecular formula is C20H26N2O6S2. The Bertz CT molecular complexity index is 1090. The Morgan fingerprint density at radius 1 is 1.03 bits per heavy atom. The first kappa shape index (κ1) is 22.5. The van der Waals surface area contributed by atoms with Crippen LogP contribution in [0.1, 0.15) is 31.7 Å². The highest BCUT2D eigenvalue weighted by Crippen LogP contribution is 2.30. The van der Waals surface area contributed by atoms with Crippen molar-refractivity contribution in [2.75, 3.05) is 31.0 Å². The van der Waals surface area contributed by atoms with E-state index in [0.717, 1.165) is 24.1 Å². The molecular weight excluding hydrogens is 428 g/mol. The van der Waals surface area contributed by atoms with E-state index in [1.807, 2.05) is 0 Å². The van der Waals surface area contributed by atoms with Gasteiger partial charge in [-0.05, 0) is 48.2 Å². The fourth-order valence-corrected chi connectivity index (χ4v) is 5.61. The van der Waals surface area contributed by atoms with Gasteiger partial charge in [0.25, 0.3) is 10.0 Å². The lowest BCUT2D eigenvalue weighted by Crippen LogP contribution is -2.40. The maximum absolute atomic E-state index is 12.8. The van der Waals surface area contributed by atoms with Crippen LogP contribution < -0.4 is 4.72 Å². The second-order valence-corrected chi connectivity index (χ2v) is 10.8. The fraction of sp³-hybridized carbons (Fsp3) is 0.400. The number of ether oxygens (including phenoxy) is 1. The summed E-state index contributed by atoms with van der Waals surface area (Å²) in [5.74, 6) is -0.0587. The fourth-order valence-electron chi connectivity index (χ4n) is 3.11. The van der Waals surface area contributed by atoms with Crippen LogP contribution in [0.25, 0.3) is 0 Å². The van der Waals surface area contributed by atoms with Gasteiger partial charge < -0.3 is 9.84 Å². The lowest BCUT2D eigenvalue weighted by Gasteiger charge is -2.26. The second kappa shape index (κ2) is 8.93. The molecule has 3 rings (SSSR count). The standard InChI is InChI=1S/C20H26N2O6S2/c1-3-15(2)16-4-6-17(7-5-16)29(24,25)21-19-14-18(8-9-20(19)23)30(26,27)22-10-12-28-13-11-22/h4-9,14-15,21,23H,3,10-13H2,1-2H3. The van der Waals surface area contributed by atoms with Crippen LogP contribution in [-0.4, -0.2) is 52.6 Å². The zero-order valence-corrected chi connectivity index (χ0v) is 18.5. The van der Waals surface area contributed by atoms with Gasteiger partial charge in [-0.15, -0.1) is 0 Å². The van der Waals surface area contributed by atoms with E-state index in [1.165, 1.54) is 22.5 Å². The summed E-state index contributed by atoms with van der Waals surface area (Å²) in [6, 6.07) is 10.0. The van der Waals surface area contributed by atoms with Gasteiger partial charge in [0.1, 0.15) is 5.75 Å². The highest BCUT2D eigenvalue weighted by Gasteiger charge is 2.27. The summed E-state index contributed by atoms with van der Waals surface area (Å²) in [6.45, 7) is 5.13. The summed E-state index contributed by atoms with van der Waals surface area (Å²) in [4.78, 5) is -0.0811. The summed E-state index contributed by atoms with van der Waals surface area (Å²) in [6.07, 6.45) is 0.933. The van der Waals surface area contributed by atoms with Crippen molar-refractivity contribution in [2.24, 2.45) is 0 Å². The van der Waals surface area contributed by atoms with Crippen molar-refractivity contribution >= 4 is 25.7 Å². The molecule has 1 heterocycles. The van der Waals surface area contributed by atoms with Crippen molar-refractivity contribution in [1.82, 2.24) is 4.31 Å². The number of anilines is 1. The maximum Gasteiger partial charge on any atom is 0.262 e. The monoisotopic (exact) mass is 454 g/mol. The third-order valence-electron chi connectivity index (χ3n) is 5.19. The number of morpholine rings is 1. The minimum absolute atomic E-state index is 0.0235. The predicted octanol–water partition coefficient (Wildman–Crippen LogP) is 2.73. The van der Waals surface area contributed by atoms with Crippen LogP contribution in [0.5, 0.6) is 5.75 Å². The van der Waals surface area contributed by atoms with Crippen molar-refractivity contribution in [1.29, 1.82) is 0 Å². The van der Waals surface area contributed by atoms with Gasteiger partial charge in [0.05, 0.1) is 28.7 Å². The third-order valence-corrected chi connectivity index (χ3v) is 8.47. The Labute approximate surface area is 177 Å². The number of benzene rings is 2. The molecule has 1 atom stereocenters. The van der Waals surface area contributed by atoms with Gasteiger partial charge >= 0.3 is 0 Å². The minimum atomic E-state index is -4.01. The minimum Gasteiger partial charge on any atom is -0.506 e. The van der Waals surface area contributed by atoms with E-state index in [9.17, 15) is 21.9 Å². The number of sulfonamides is 2. The number of rotatable bonds is 7. The Hall–Kier alpha value is -2.14. The van der Waals surface area contributed by atoms with E-state index >= 15 is 0 Å². The molecule has 0 saturated carbocycles. The molecule has 0 radical (unpaired) electrons. The molecule has 10 heteroatoms. The highest BCUT2D eigenvalue weighted by atomic mass is 32.2. The van der Waals surface area contributed by atoms with Gasteiger partial charge in [-0.1, -0.05) is 26.0 Å². The van der Waals surface area contributed by atoms with Gasteiger partial charge in [0.2, 0.25) is 10.0 Å². The SMILES string of the molecule is CCC(C)c1ccc(S(=O)(=O)Nc2cc(S(=O)(=O)N3CCOCC3)ccc2O)cc1. The second-order valence-electron chi connectivity index (χ2n) is 7.18. The van der Waals surface area contributed by atoms with Gasteiger partial charge in [-0.25, -0.2) is 16.8 Å². The Balaban J connectivity index is 1.88. The molecule has 164 valence electrons. The average molecular weight is 455 g/mol. The Morgan fingerprint density at radius 3 is 2.23 bits per heavy atom. The van der Waals surface area contributed by atoms with Crippen molar-refractivity contribution in [2.45, 2.75) is 36.0 Å². The van der Waals surface area contributed by atoms with Crippen molar-refractivity contribution in [3.8, 4) is 5.75 Å². The van der Waals surface area contributed by atoms with Crippen LogP contribution in [-0.2, 0) is 24.8 Å². The largest absolute Gasteiger partial charge is 0.506 e. The molecule has 30 heavy (non-hydrogen) atoms. The molecule has 0 aromatic heterocycles. The van der Waals surface area contributed by atoms with E-state index < -0.39 is 20.0 Å². The van der Waals surface area contributed by atoms with Gasteiger partial charge in [-0.2, -0.15) is 4.31 Å². The first-order valence-electron chi connectivity index (χ1n) is 9.69. The number of nitrogens with zero attached hydrogens (tertiary/aromatic N) is 1. The zero-order valence-electron chi connectivity index (χ0n) is 16.9. The summed E-state index contributed by atoms with van der Waals surface area (Å²) >= 11 is 0. The number of phenols is 1. The Morgan fingerprint density at radius 2 is 1.63 bits per heavy atom. The van der Waals surface area contributed by atoms with Crippen molar-refractivity contribution in [3.63, 3.8) is 0 Å². The first-order valence-corrected chi connectivity index (χ1v) is 12.6. The van der Waals surface area contributed by atoms with Crippen molar-refractivity contribution < 1.29 is 26.7 Å². The topological polar surface area (TPSA) is 113 Å². The molecule has 1 aliphatic rings. The van der Waals surface area contributed by atoms with E-state index in [4.69, 9.17) is 4.74 Å². The van der Waals surface area contributed by atoms with E-state index in [-0.39, 0.29) is 34.3 Å².